The second-order valence-electron chi connectivity index (χ2n) is 3.58. The zero-order chi connectivity index (χ0) is 11.3. The number of nitrogens with two attached hydrogens (primary N) is 1. The molecule has 0 aliphatic carbocycles. The predicted octanol–water partition coefficient (Wildman–Crippen LogP) is 1.16. The molecule has 1 atom stereocenters. The third kappa shape index (κ3) is 4.48. The molecule has 0 fully saturated rings. The van der Waals surface area contributed by atoms with Gasteiger partial charge in [0.05, 0.1) is 0 Å². The maximum absolute atomic E-state index is 11.3. The highest BCUT2D eigenvalue weighted by molar-refractivity contribution is 7.99. The Hall–Kier alpha value is -0.810. The van der Waals surface area contributed by atoms with E-state index in [-0.39, 0.29) is 11.6 Å². The molecule has 0 aromatic carbocycles. The summed E-state index contributed by atoms with van der Waals surface area (Å²) in [5, 5.41) is 0.670. The normalized spacial score (nSPS) is 12.7. The van der Waals surface area contributed by atoms with Crippen molar-refractivity contribution in [2.45, 2.75) is 37.9 Å². The maximum atomic E-state index is 11.3. The highest BCUT2D eigenvalue weighted by Gasteiger charge is 2.02. The summed E-state index contributed by atoms with van der Waals surface area (Å²) in [5.74, 6) is 0.762. The first-order chi connectivity index (χ1) is 7.11. The molecule has 0 saturated carbocycles. The molecule has 15 heavy (non-hydrogen) atoms. The summed E-state index contributed by atoms with van der Waals surface area (Å²) in [5.41, 5.74) is 6.41. The van der Waals surface area contributed by atoms with Crippen molar-refractivity contribution in [3.8, 4) is 0 Å². The third-order valence-electron chi connectivity index (χ3n) is 1.76. The van der Waals surface area contributed by atoms with E-state index in [2.05, 4.69) is 16.9 Å². The van der Waals surface area contributed by atoms with Crippen molar-refractivity contribution in [1.82, 2.24) is 9.97 Å². The molecule has 0 bridgehead atoms. The van der Waals surface area contributed by atoms with Crippen LogP contribution in [0.5, 0.6) is 0 Å². The Kier molecular flexibility index (Phi) is 4.84. The van der Waals surface area contributed by atoms with Crippen LogP contribution in [0.4, 0.5) is 0 Å². The minimum Gasteiger partial charge on any atom is -0.327 e. The molecule has 1 heterocycles. The Morgan fingerprint density at radius 2 is 2.40 bits per heavy atom. The molecule has 0 radical (unpaired) electrons. The van der Waals surface area contributed by atoms with Crippen molar-refractivity contribution in [3.05, 3.63) is 22.1 Å². The largest absolute Gasteiger partial charge is 0.327 e. The average molecular weight is 227 g/mol. The summed E-state index contributed by atoms with van der Waals surface area (Å²) in [7, 11) is 0. The van der Waals surface area contributed by atoms with Gasteiger partial charge in [-0.3, -0.25) is 4.79 Å². The van der Waals surface area contributed by atoms with Crippen LogP contribution in [0, 0.1) is 0 Å². The number of hydrogen-bond acceptors (Lipinski definition) is 4. The predicted molar refractivity (Wildman–Crippen MR) is 63.2 cm³/mol. The van der Waals surface area contributed by atoms with Crippen LogP contribution in [-0.4, -0.2) is 21.8 Å². The van der Waals surface area contributed by atoms with Crippen LogP contribution in [0.1, 0.15) is 26.0 Å². The van der Waals surface area contributed by atoms with Gasteiger partial charge in [0.15, 0.2) is 5.16 Å². The molecular weight excluding hydrogens is 210 g/mol. The third-order valence-corrected chi connectivity index (χ3v) is 2.92. The number of aryl methyl sites for hydroxylation is 1. The van der Waals surface area contributed by atoms with Gasteiger partial charge in [0.2, 0.25) is 0 Å². The van der Waals surface area contributed by atoms with Crippen LogP contribution in [0.2, 0.25) is 0 Å². The topological polar surface area (TPSA) is 71.8 Å². The lowest BCUT2D eigenvalue weighted by molar-refractivity contribution is 0.807. The number of nitrogens with zero attached hydrogens (tertiary/aromatic N) is 1. The average Bonchev–Trinajstić information content (AvgIpc) is 2.14. The minimum atomic E-state index is -0.0828. The highest BCUT2D eigenvalue weighted by atomic mass is 32.2. The van der Waals surface area contributed by atoms with Crippen molar-refractivity contribution in [1.29, 1.82) is 0 Å². The van der Waals surface area contributed by atoms with E-state index in [1.165, 1.54) is 11.8 Å². The Morgan fingerprint density at radius 3 is 3.00 bits per heavy atom. The van der Waals surface area contributed by atoms with E-state index in [0.29, 0.717) is 5.16 Å². The molecule has 5 heteroatoms. The molecule has 3 N–H and O–H groups in total. The standard InChI is InChI=1S/C10H17N3OS/c1-3-4-8-5-9(14)13-10(12-8)15-6-7(2)11/h5,7H,3-4,6,11H2,1-2H3,(H,12,13,14). The number of aromatic nitrogens is 2. The second-order valence-corrected chi connectivity index (χ2v) is 4.59. The minimum absolute atomic E-state index is 0.0828. The molecule has 1 aromatic heterocycles. The number of aromatic amines is 1. The van der Waals surface area contributed by atoms with E-state index in [1.807, 2.05) is 6.92 Å². The zero-order valence-corrected chi connectivity index (χ0v) is 9.93. The summed E-state index contributed by atoms with van der Waals surface area (Å²) < 4.78 is 0. The maximum Gasteiger partial charge on any atom is 0.251 e. The van der Waals surface area contributed by atoms with E-state index >= 15 is 0 Å². The Bertz CT molecular complexity index is 362. The first-order valence-electron chi connectivity index (χ1n) is 5.10. The molecule has 1 unspecified atom stereocenters. The van der Waals surface area contributed by atoms with Crippen molar-refractivity contribution in [2.75, 3.05) is 5.75 Å². The van der Waals surface area contributed by atoms with Gasteiger partial charge < -0.3 is 10.7 Å². The summed E-state index contributed by atoms with van der Waals surface area (Å²) in [6.45, 7) is 4.00. The Labute approximate surface area is 93.7 Å². The van der Waals surface area contributed by atoms with Gasteiger partial charge >= 0.3 is 0 Å². The molecule has 0 saturated heterocycles. The number of H-pyrrole nitrogens is 1. The van der Waals surface area contributed by atoms with Crippen molar-refractivity contribution in [3.63, 3.8) is 0 Å². The van der Waals surface area contributed by atoms with Crippen molar-refractivity contribution < 1.29 is 0 Å². The van der Waals surface area contributed by atoms with Crippen LogP contribution in [-0.2, 0) is 6.42 Å². The van der Waals surface area contributed by atoms with E-state index in [1.54, 1.807) is 6.07 Å². The summed E-state index contributed by atoms with van der Waals surface area (Å²) in [6.07, 6.45) is 1.84. The first kappa shape index (κ1) is 12.3. The van der Waals surface area contributed by atoms with Gasteiger partial charge in [-0.1, -0.05) is 25.1 Å². The number of nitrogens with one attached hydrogen (secondary N) is 1. The van der Waals surface area contributed by atoms with E-state index < -0.39 is 0 Å². The lowest BCUT2D eigenvalue weighted by atomic mass is 10.2. The molecule has 1 rings (SSSR count). The highest BCUT2D eigenvalue weighted by Crippen LogP contribution is 2.12. The van der Waals surface area contributed by atoms with Crippen LogP contribution in [0.15, 0.2) is 16.0 Å². The van der Waals surface area contributed by atoms with Gasteiger partial charge in [-0.25, -0.2) is 4.98 Å². The summed E-state index contributed by atoms with van der Waals surface area (Å²) >= 11 is 1.49. The van der Waals surface area contributed by atoms with Gasteiger partial charge in [0.25, 0.3) is 5.56 Å². The fourth-order valence-corrected chi connectivity index (χ4v) is 1.92. The molecule has 1 aromatic rings. The van der Waals surface area contributed by atoms with Crippen LogP contribution < -0.4 is 11.3 Å². The second kappa shape index (κ2) is 5.92. The van der Waals surface area contributed by atoms with Gasteiger partial charge in [-0.05, 0) is 13.3 Å². The fraction of sp³-hybridized carbons (Fsp3) is 0.600. The van der Waals surface area contributed by atoms with Gasteiger partial charge in [0, 0.05) is 23.6 Å². The Balaban J connectivity index is 2.75. The van der Waals surface area contributed by atoms with Gasteiger partial charge in [-0.2, -0.15) is 0 Å². The summed E-state index contributed by atoms with van der Waals surface area (Å²) in [4.78, 5) is 18.3. The molecule has 0 amide bonds. The number of rotatable bonds is 5. The molecule has 4 nitrogen and oxygen atoms in total. The zero-order valence-electron chi connectivity index (χ0n) is 9.12. The van der Waals surface area contributed by atoms with Gasteiger partial charge in [-0.15, -0.1) is 0 Å². The molecule has 0 spiro atoms. The van der Waals surface area contributed by atoms with Crippen LogP contribution in [0.3, 0.4) is 0 Å². The summed E-state index contributed by atoms with van der Waals surface area (Å²) in [6, 6.07) is 1.66. The smallest absolute Gasteiger partial charge is 0.251 e. The molecule has 0 aliphatic rings. The molecule has 0 aliphatic heterocycles. The fourth-order valence-electron chi connectivity index (χ4n) is 1.15. The number of thioether (sulfide) groups is 1. The lowest BCUT2D eigenvalue weighted by Crippen LogP contribution is -2.18. The Morgan fingerprint density at radius 1 is 1.67 bits per heavy atom. The van der Waals surface area contributed by atoms with Gasteiger partial charge in [0.1, 0.15) is 0 Å². The lowest BCUT2D eigenvalue weighted by Gasteiger charge is -2.05. The quantitative estimate of drug-likeness (QED) is 0.585. The molecular formula is C10H17N3OS. The van der Waals surface area contributed by atoms with Crippen molar-refractivity contribution in [2.24, 2.45) is 5.73 Å². The number of hydrogen-bond donors (Lipinski definition) is 2. The van der Waals surface area contributed by atoms with E-state index in [4.69, 9.17) is 5.73 Å². The van der Waals surface area contributed by atoms with Crippen LogP contribution in [0.25, 0.3) is 0 Å². The SMILES string of the molecule is CCCc1cc(=O)[nH]c(SCC(C)N)n1. The van der Waals surface area contributed by atoms with Crippen molar-refractivity contribution >= 4 is 11.8 Å². The monoisotopic (exact) mass is 227 g/mol. The van der Waals surface area contributed by atoms with E-state index in [9.17, 15) is 4.79 Å². The van der Waals surface area contributed by atoms with E-state index in [0.717, 1.165) is 24.3 Å². The van der Waals surface area contributed by atoms with Crippen LogP contribution >= 0.6 is 11.8 Å². The molecule has 84 valence electrons. The first-order valence-corrected chi connectivity index (χ1v) is 6.09.